The number of nitrogens with zero attached hydrogens (tertiary/aromatic N) is 1. The monoisotopic (exact) mass is 340 g/mol. The lowest BCUT2D eigenvalue weighted by Crippen LogP contribution is -2.04. The van der Waals surface area contributed by atoms with E-state index in [9.17, 15) is 13.2 Å². The molecule has 0 amide bonds. The molecular weight excluding hydrogens is 333 g/mol. The number of anilines is 1. The first kappa shape index (κ1) is 14.4. The van der Waals surface area contributed by atoms with Crippen LogP contribution in [0.3, 0.4) is 0 Å². The van der Waals surface area contributed by atoms with Gasteiger partial charge in [0.25, 0.3) is 0 Å². The summed E-state index contributed by atoms with van der Waals surface area (Å²) in [5, 5.41) is 11.4. The highest BCUT2D eigenvalue weighted by molar-refractivity contribution is 9.10. The van der Waals surface area contributed by atoms with Gasteiger partial charge >= 0.3 is 0 Å². The topological polar surface area (TPSA) is 35.8 Å². The fraction of sp³-hybridized carbons (Fsp3) is 0.0714. The molecule has 0 aromatic heterocycles. The van der Waals surface area contributed by atoms with E-state index in [0.29, 0.717) is 0 Å². The minimum Gasteiger partial charge on any atom is -0.378 e. The number of halogens is 4. The molecular formula is C14H8BrF3N2. The van der Waals surface area contributed by atoms with Crippen molar-refractivity contribution in [1.29, 1.82) is 5.26 Å². The van der Waals surface area contributed by atoms with Gasteiger partial charge in [-0.25, -0.2) is 13.2 Å². The van der Waals surface area contributed by atoms with Crippen molar-refractivity contribution in [1.82, 2.24) is 0 Å². The molecule has 0 spiro atoms. The summed E-state index contributed by atoms with van der Waals surface area (Å²) in [6.45, 7) is -0.0706. The lowest BCUT2D eigenvalue weighted by Gasteiger charge is -2.10. The van der Waals surface area contributed by atoms with E-state index in [-0.39, 0.29) is 27.8 Å². The number of nitriles is 1. The number of benzene rings is 2. The third-order valence-corrected chi connectivity index (χ3v) is 3.46. The fourth-order valence-corrected chi connectivity index (χ4v) is 2.08. The van der Waals surface area contributed by atoms with Crippen molar-refractivity contribution in [3.8, 4) is 6.07 Å². The summed E-state index contributed by atoms with van der Waals surface area (Å²) >= 11 is 2.97. The highest BCUT2D eigenvalue weighted by atomic mass is 79.9. The fourth-order valence-electron chi connectivity index (χ4n) is 1.64. The van der Waals surface area contributed by atoms with Crippen LogP contribution in [0.4, 0.5) is 18.9 Å². The van der Waals surface area contributed by atoms with Gasteiger partial charge in [-0.3, -0.25) is 0 Å². The molecule has 1 N–H and O–H groups in total. The minimum absolute atomic E-state index is 0.0321. The van der Waals surface area contributed by atoms with Crippen molar-refractivity contribution in [2.24, 2.45) is 0 Å². The van der Waals surface area contributed by atoms with Crippen molar-refractivity contribution in [2.45, 2.75) is 6.54 Å². The first-order valence-electron chi connectivity index (χ1n) is 5.59. The van der Waals surface area contributed by atoms with Crippen LogP contribution in [0.15, 0.2) is 34.8 Å². The maximum Gasteiger partial charge on any atom is 0.161 e. The number of hydrogen-bond acceptors (Lipinski definition) is 2. The molecule has 6 heteroatoms. The molecule has 0 aliphatic heterocycles. The zero-order valence-corrected chi connectivity index (χ0v) is 11.6. The van der Waals surface area contributed by atoms with Crippen molar-refractivity contribution in [3.05, 3.63) is 63.4 Å². The molecule has 102 valence electrons. The Labute approximate surface area is 122 Å². The van der Waals surface area contributed by atoms with E-state index in [1.165, 1.54) is 12.1 Å². The van der Waals surface area contributed by atoms with E-state index in [4.69, 9.17) is 5.26 Å². The molecule has 0 saturated carbocycles. The van der Waals surface area contributed by atoms with Gasteiger partial charge in [0.05, 0.1) is 15.7 Å². The molecule has 0 aliphatic rings. The predicted molar refractivity (Wildman–Crippen MR) is 72.5 cm³/mol. The molecule has 2 rings (SSSR count). The Balaban J connectivity index is 2.22. The summed E-state index contributed by atoms with van der Waals surface area (Å²) in [6, 6.07) is 7.69. The summed E-state index contributed by atoms with van der Waals surface area (Å²) in [5.74, 6) is -1.79. The van der Waals surface area contributed by atoms with E-state index in [1.54, 1.807) is 0 Å². The van der Waals surface area contributed by atoms with E-state index in [0.717, 1.165) is 18.2 Å². The quantitative estimate of drug-likeness (QED) is 0.901. The molecule has 0 radical (unpaired) electrons. The molecule has 0 fully saturated rings. The summed E-state index contributed by atoms with van der Waals surface area (Å²) in [5.41, 5.74) is 0.342. The average molecular weight is 341 g/mol. The average Bonchev–Trinajstić information content (AvgIpc) is 2.44. The van der Waals surface area contributed by atoms with Crippen LogP contribution in [0.25, 0.3) is 0 Å². The second-order valence-electron chi connectivity index (χ2n) is 3.99. The molecule has 0 heterocycles. The van der Waals surface area contributed by atoms with Crippen LogP contribution in [-0.2, 0) is 6.54 Å². The molecule has 2 nitrogen and oxygen atoms in total. The molecule has 0 aliphatic carbocycles. The van der Waals surface area contributed by atoms with Crippen LogP contribution in [0.1, 0.15) is 11.1 Å². The third-order valence-electron chi connectivity index (χ3n) is 2.68. The molecule has 2 aromatic carbocycles. The minimum atomic E-state index is -0.652. The highest BCUT2D eigenvalue weighted by Gasteiger charge is 2.11. The highest BCUT2D eigenvalue weighted by Crippen LogP contribution is 2.27. The van der Waals surface area contributed by atoms with Crippen molar-refractivity contribution >= 4 is 21.6 Å². The van der Waals surface area contributed by atoms with E-state index in [1.807, 2.05) is 6.07 Å². The zero-order valence-electron chi connectivity index (χ0n) is 10.1. The predicted octanol–water partition coefficient (Wildman–Crippen LogP) is 4.35. The number of hydrogen-bond donors (Lipinski definition) is 1. The van der Waals surface area contributed by atoms with Crippen LogP contribution in [0.5, 0.6) is 0 Å². The van der Waals surface area contributed by atoms with Gasteiger partial charge in [-0.15, -0.1) is 0 Å². The zero-order chi connectivity index (χ0) is 14.7. The standard InChI is InChI=1S/C14H8BrF3N2/c15-13-8(6-19)1-4-12(14(13)18)20-7-9-5-10(16)2-3-11(9)17/h1-5,20H,7H2. The van der Waals surface area contributed by atoms with Crippen molar-refractivity contribution < 1.29 is 13.2 Å². The molecule has 2 aromatic rings. The Morgan fingerprint density at radius 2 is 1.90 bits per heavy atom. The summed E-state index contributed by atoms with van der Waals surface area (Å²) in [6.07, 6.45) is 0. The number of rotatable bonds is 3. The Kier molecular flexibility index (Phi) is 4.30. The van der Waals surface area contributed by atoms with Crippen molar-refractivity contribution in [2.75, 3.05) is 5.32 Å². The summed E-state index contributed by atoms with van der Waals surface area (Å²) in [4.78, 5) is 0. The second-order valence-corrected chi connectivity index (χ2v) is 4.78. The van der Waals surface area contributed by atoms with E-state index < -0.39 is 17.5 Å². The summed E-state index contributed by atoms with van der Waals surface area (Å²) < 4.78 is 40.4. The van der Waals surface area contributed by atoms with Crippen molar-refractivity contribution in [3.63, 3.8) is 0 Å². The summed E-state index contributed by atoms with van der Waals surface area (Å²) in [7, 11) is 0. The van der Waals surface area contributed by atoms with E-state index in [2.05, 4.69) is 21.2 Å². The van der Waals surface area contributed by atoms with Crippen LogP contribution in [-0.4, -0.2) is 0 Å². The van der Waals surface area contributed by atoms with Crippen LogP contribution < -0.4 is 5.32 Å². The number of nitrogens with one attached hydrogen (secondary N) is 1. The Morgan fingerprint density at radius 1 is 1.15 bits per heavy atom. The maximum atomic E-state index is 13.9. The molecule has 0 atom stereocenters. The Bertz CT molecular complexity index is 696. The van der Waals surface area contributed by atoms with E-state index >= 15 is 0 Å². The van der Waals surface area contributed by atoms with Crippen LogP contribution in [0.2, 0.25) is 0 Å². The second kappa shape index (κ2) is 5.97. The first-order chi connectivity index (χ1) is 9.52. The van der Waals surface area contributed by atoms with Gasteiger partial charge in [-0.1, -0.05) is 0 Å². The normalized spacial score (nSPS) is 10.2. The van der Waals surface area contributed by atoms with Crippen LogP contribution >= 0.6 is 15.9 Å². The lowest BCUT2D eigenvalue weighted by atomic mass is 10.2. The van der Waals surface area contributed by atoms with Gasteiger partial charge < -0.3 is 5.32 Å². The van der Waals surface area contributed by atoms with Gasteiger partial charge in [-0.2, -0.15) is 5.26 Å². The first-order valence-corrected chi connectivity index (χ1v) is 6.38. The smallest absolute Gasteiger partial charge is 0.161 e. The molecule has 20 heavy (non-hydrogen) atoms. The molecule has 0 saturated heterocycles. The Hall–Kier alpha value is -2.00. The van der Waals surface area contributed by atoms with Gasteiger partial charge in [0, 0.05) is 12.1 Å². The molecule has 0 bridgehead atoms. The van der Waals surface area contributed by atoms with Crippen LogP contribution in [0, 0.1) is 28.8 Å². The van der Waals surface area contributed by atoms with Gasteiger partial charge in [-0.05, 0) is 46.3 Å². The SMILES string of the molecule is N#Cc1ccc(NCc2cc(F)ccc2F)c(F)c1Br. The largest absolute Gasteiger partial charge is 0.378 e. The van der Waals surface area contributed by atoms with Gasteiger partial charge in [0.15, 0.2) is 5.82 Å². The molecule has 0 unspecified atom stereocenters. The maximum absolute atomic E-state index is 13.9. The van der Waals surface area contributed by atoms with Gasteiger partial charge in [0.2, 0.25) is 0 Å². The van der Waals surface area contributed by atoms with Gasteiger partial charge in [0.1, 0.15) is 17.7 Å². The Morgan fingerprint density at radius 3 is 2.60 bits per heavy atom. The lowest BCUT2D eigenvalue weighted by molar-refractivity contribution is 0.586. The third kappa shape index (κ3) is 2.94.